The zero-order chi connectivity index (χ0) is 6.69. The normalized spacial score (nSPS) is 14.6. The van der Waals surface area contributed by atoms with Crippen molar-refractivity contribution in [3.8, 4) is 6.07 Å². The van der Waals surface area contributed by atoms with Crippen LogP contribution in [0, 0.1) is 11.3 Å². The number of hydrogen-bond acceptors (Lipinski definition) is 1. The summed E-state index contributed by atoms with van der Waals surface area (Å²) in [7, 11) is 0. The van der Waals surface area contributed by atoms with Crippen molar-refractivity contribution in [1.29, 1.82) is 5.26 Å². The molecule has 0 aliphatic heterocycles. The summed E-state index contributed by atoms with van der Waals surface area (Å²) in [5.41, 5.74) is 0.912. The van der Waals surface area contributed by atoms with Gasteiger partial charge in [0.2, 0.25) is 0 Å². The van der Waals surface area contributed by atoms with Crippen molar-refractivity contribution in [2.45, 2.75) is 0 Å². The van der Waals surface area contributed by atoms with Gasteiger partial charge in [-0.25, -0.2) is 0 Å². The maximum Gasteiger partial charge on any atom is 0.100 e. The summed E-state index contributed by atoms with van der Waals surface area (Å²) < 4.78 is 0. The fourth-order valence-electron chi connectivity index (χ4n) is 0.615. The van der Waals surface area contributed by atoms with Crippen molar-refractivity contribution in [3.05, 3.63) is 34.8 Å². The van der Waals surface area contributed by atoms with Gasteiger partial charge in [-0.05, 0) is 12.2 Å². The molecule has 1 aliphatic carbocycles. The monoisotopic (exact) mass is 115 g/mol. The maximum absolute atomic E-state index is 8.34. The number of nitriles is 1. The van der Waals surface area contributed by atoms with Crippen LogP contribution in [0.25, 0.3) is 5.41 Å². The van der Waals surface area contributed by atoms with Gasteiger partial charge in [0.05, 0.1) is 5.57 Å². The minimum atomic E-state index is 0.456. The number of allylic oxidation sites excluding steroid dienone is 5. The van der Waals surface area contributed by atoms with Crippen molar-refractivity contribution in [2.75, 3.05) is 0 Å². The predicted molar refractivity (Wildman–Crippen MR) is 34.7 cm³/mol. The van der Waals surface area contributed by atoms with Crippen LogP contribution in [0.3, 0.4) is 0 Å². The van der Waals surface area contributed by atoms with E-state index in [1.807, 2.05) is 11.9 Å². The van der Waals surface area contributed by atoms with E-state index in [4.69, 9.17) is 10.7 Å². The van der Waals surface area contributed by atoms with E-state index < -0.39 is 0 Å². The zero-order valence-corrected chi connectivity index (χ0v) is 4.63. The van der Waals surface area contributed by atoms with Crippen LogP contribution < -0.4 is 0 Å². The summed E-state index contributed by atoms with van der Waals surface area (Å²) in [4.78, 5) is 0. The first-order chi connectivity index (χ1) is 4.38. The molecule has 2 nitrogen and oxygen atoms in total. The van der Waals surface area contributed by atoms with Crippen LogP contribution in [0.1, 0.15) is 0 Å². The van der Waals surface area contributed by atoms with Crippen LogP contribution in [0.2, 0.25) is 0 Å². The van der Waals surface area contributed by atoms with E-state index in [1.165, 1.54) is 0 Å². The molecule has 0 saturated heterocycles. The fraction of sp³-hybridized carbons (Fsp3) is 0. The van der Waals surface area contributed by atoms with Gasteiger partial charge in [-0.2, -0.15) is 5.26 Å². The minimum absolute atomic E-state index is 0.456. The number of hydrogen-bond donors (Lipinski definition) is 0. The molecule has 1 aliphatic rings. The highest BCUT2D eigenvalue weighted by atomic mass is 14.3. The summed E-state index contributed by atoms with van der Waals surface area (Å²) in [6.45, 7) is 0. The molecule has 0 radical (unpaired) electrons. The Bertz CT molecular complexity index is 270. The van der Waals surface area contributed by atoms with Gasteiger partial charge in [-0.15, -0.1) is 0 Å². The molecule has 0 atom stereocenters. The molecular weight excluding hydrogens is 112 g/mol. The number of nitrogens with zero attached hydrogens (tertiary/aromatic N) is 2. The Kier molecular flexibility index (Phi) is 1.31. The van der Waals surface area contributed by atoms with Crippen molar-refractivity contribution < 1.29 is 0 Å². The maximum atomic E-state index is 8.34. The second kappa shape index (κ2) is 2.13. The second-order valence-electron chi connectivity index (χ2n) is 1.58. The second-order valence-corrected chi connectivity index (χ2v) is 1.58. The summed E-state index contributed by atoms with van der Waals surface area (Å²) >= 11 is 0. The van der Waals surface area contributed by atoms with Crippen LogP contribution in [-0.4, -0.2) is 5.87 Å². The SMILES string of the molecule is N#CC1=CC=CC1=C=[N-]. The van der Waals surface area contributed by atoms with Gasteiger partial charge >= 0.3 is 0 Å². The Morgan fingerprint density at radius 1 is 1.56 bits per heavy atom. The van der Waals surface area contributed by atoms with Crippen molar-refractivity contribution in [3.63, 3.8) is 0 Å². The lowest BCUT2D eigenvalue weighted by Gasteiger charge is -1.87. The summed E-state index contributed by atoms with van der Waals surface area (Å²) in [5, 5.41) is 16.7. The molecule has 2 heteroatoms. The molecular formula is C7H3N2-. The number of rotatable bonds is 0. The third-order valence-electron chi connectivity index (χ3n) is 1.06. The Morgan fingerprint density at radius 2 is 2.33 bits per heavy atom. The molecule has 0 aromatic rings. The Balaban J connectivity index is 3.09. The lowest BCUT2D eigenvalue weighted by Crippen LogP contribution is -1.76. The van der Waals surface area contributed by atoms with Gasteiger partial charge < -0.3 is 5.41 Å². The molecule has 1 rings (SSSR count). The fourth-order valence-corrected chi connectivity index (χ4v) is 0.615. The standard InChI is InChI=1S/C7H3N2/c8-4-6-2-1-3-7(6)5-9/h1-3H/q-1. The highest BCUT2D eigenvalue weighted by Crippen LogP contribution is 2.13. The van der Waals surface area contributed by atoms with E-state index in [2.05, 4.69) is 0 Å². The van der Waals surface area contributed by atoms with Gasteiger partial charge in [0.1, 0.15) is 6.07 Å². The van der Waals surface area contributed by atoms with Crippen LogP contribution in [0.15, 0.2) is 29.4 Å². The highest BCUT2D eigenvalue weighted by Gasteiger charge is 2.00. The first-order valence-corrected chi connectivity index (χ1v) is 2.44. The molecule has 0 aromatic carbocycles. The van der Waals surface area contributed by atoms with Gasteiger partial charge in [-0.3, -0.25) is 5.87 Å². The lowest BCUT2D eigenvalue weighted by molar-refractivity contribution is 1.49. The Morgan fingerprint density at radius 3 is 2.78 bits per heavy atom. The molecule has 0 heterocycles. The molecule has 0 N–H and O–H groups in total. The van der Waals surface area contributed by atoms with E-state index in [0.717, 1.165) is 0 Å². The van der Waals surface area contributed by atoms with Crippen LogP contribution >= 0.6 is 0 Å². The smallest absolute Gasteiger partial charge is 0.100 e. The molecule has 0 spiro atoms. The quantitative estimate of drug-likeness (QED) is 0.437. The van der Waals surface area contributed by atoms with Crippen molar-refractivity contribution in [1.82, 2.24) is 0 Å². The van der Waals surface area contributed by atoms with E-state index in [-0.39, 0.29) is 0 Å². The predicted octanol–water partition coefficient (Wildman–Crippen LogP) is 1.17. The molecule has 0 amide bonds. The molecule has 9 heavy (non-hydrogen) atoms. The highest BCUT2D eigenvalue weighted by molar-refractivity contribution is 5.76. The first kappa shape index (κ1) is 5.55. The molecule has 0 fully saturated rings. The third kappa shape index (κ3) is 0.813. The van der Waals surface area contributed by atoms with E-state index >= 15 is 0 Å². The van der Waals surface area contributed by atoms with Gasteiger partial charge in [-0.1, -0.05) is 6.08 Å². The third-order valence-corrected chi connectivity index (χ3v) is 1.06. The van der Waals surface area contributed by atoms with Gasteiger partial charge in [0, 0.05) is 5.57 Å². The topological polar surface area (TPSA) is 46.1 Å². The molecule has 0 aromatic heterocycles. The van der Waals surface area contributed by atoms with E-state index in [9.17, 15) is 0 Å². The molecule has 0 saturated carbocycles. The first-order valence-electron chi connectivity index (χ1n) is 2.44. The zero-order valence-electron chi connectivity index (χ0n) is 4.63. The lowest BCUT2D eigenvalue weighted by atomic mass is 10.2. The van der Waals surface area contributed by atoms with Crippen molar-refractivity contribution in [2.24, 2.45) is 0 Å². The average molecular weight is 115 g/mol. The molecule has 0 unspecified atom stereocenters. The molecule has 0 bridgehead atoms. The van der Waals surface area contributed by atoms with Crippen molar-refractivity contribution >= 4 is 5.87 Å². The summed E-state index contributed by atoms with van der Waals surface area (Å²) in [6, 6.07) is 1.90. The van der Waals surface area contributed by atoms with Gasteiger partial charge in [0.25, 0.3) is 0 Å². The van der Waals surface area contributed by atoms with E-state index in [0.29, 0.717) is 11.1 Å². The molecule has 42 valence electrons. The minimum Gasteiger partial charge on any atom is -0.763 e. The average Bonchev–Trinajstić information content (AvgIpc) is 2.33. The van der Waals surface area contributed by atoms with Crippen LogP contribution in [-0.2, 0) is 0 Å². The Labute approximate surface area is 52.9 Å². The largest absolute Gasteiger partial charge is 0.763 e. The summed E-state index contributed by atoms with van der Waals surface area (Å²) in [5.74, 6) is 1.90. The van der Waals surface area contributed by atoms with Crippen LogP contribution in [0.5, 0.6) is 0 Å². The van der Waals surface area contributed by atoms with E-state index in [1.54, 1.807) is 18.2 Å². The summed E-state index contributed by atoms with van der Waals surface area (Å²) in [6.07, 6.45) is 4.94. The Hall–Kier alpha value is -1.58. The van der Waals surface area contributed by atoms with Gasteiger partial charge in [0.15, 0.2) is 0 Å². The van der Waals surface area contributed by atoms with Crippen LogP contribution in [0.4, 0.5) is 0 Å².